The number of nitrogens with one attached hydrogen (secondary N) is 1. The molecule has 0 aliphatic rings. The van der Waals surface area contributed by atoms with Gasteiger partial charge in [-0.05, 0) is 44.3 Å². The number of aryl methyl sites for hydroxylation is 1. The highest BCUT2D eigenvalue weighted by Crippen LogP contribution is 2.25. The molecule has 0 saturated heterocycles. The number of rotatable bonds is 5. The second kappa shape index (κ2) is 5.46. The molecule has 0 radical (unpaired) electrons. The van der Waals surface area contributed by atoms with Crippen LogP contribution in [0.15, 0.2) is 24.4 Å². The van der Waals surface area contributed by atoms with Gasteiger partial charge in [0.25, 0.3) is 0 Å². The molecule has 5 nitrogen and oxygen atoms in total. The van der Waals surface area contributed by atoms with E-state index in [4.69, 9.17) is 0 Å². The van der Waals surface area contributed by atoms with Gasteiger partial charge in [-0.25, -0.2) is 8.42 Å². The highest BCUT2D eigenvalue weighted by atomic mass is 32.2. The van der Waals surface area contributed by atoms with Crippen LogP contribution in [0.4, 0.5) is 5.69 Å². The monoisotopic (exact) mass is 295 g/mol. The average Bonchev–Trinajstić information content (AvgIpc) is 2.61. The van der Waals surface area contributed by atoms with Crippen LogP contribution in [0.1, 0.15) is 5.56 Å². The van der Waals surface area contributed by atoms with Gasteiger partial charge in [0.1, 0.15) is 0 Å². The van der Waals surface area contributed by atoms with E-state index >= 15 is 0 Å². The van der Waals surface area contributed by atoms with Gasteiger partial charge in [0.05, 0.1) is 6.26 Å². The lowest BCUT2D eigenvalue weighted by atomic mass is 10.1. The highest BCUT2D eigenvalue weighted by molar-refractivity contribution is 7.92. The predicted octanol–water partition coefficient (Wildman–Crippen LogP) is 1.65. The largest absolute Gasteiger partial charge is 0.350 e. The summed E-state index contributed by atoms with van der Waals surface area (Å²) < 4.78 is 27.2. The normalized spacial score (nSPS) is 12.2. The Hall–Kier alpha value is -1.53. The van der Waals surface area contributed by atoms with E-state index < -0.39 is 10.0 Å². The number of likely N-dealkylation sites (N-methyl/N-ethyl adjacent to an activating group) is 1. The Morgan fingerprint density at radius 3 is 2.60 bits per heavy atom. The topological polar surface area (TPSA) is 54.3 Å². The van der Waals surface area contributed by atoms with Crippen LogP contribution in [0.2, 0.25) is 0 Å². The molecule has 0 aliphatic carbocycles. The van der Waals surface area contributed by atoms with Gasteiger partial charge in [0, 0.05) is 36.4 Å². The van der Waals surface area contributed by atoms with Crippen LogP contribution in [-0.4, -0.2) is 44.8 Å². The van der Waals surface area contributed by atoms with Crippen LogP contribution in [0.25, 0.3) is 10.9 Å². The van der Waals surface area contributed by atoms with Gasteiger partial charge in [-0.15, -0.1) is 0 Å². The summed E-state index contributed by atoms with van der Waals surface area (Å²) in [5.74, 6) is 0. The number of aromatic nitrogens is 1. The lowest BCUT2D eigenvalue weighted by Crippen LogP contribution is -2.14. The number of anilines is 1. The molecule has 1 aromatic carbocycles. The third-order valence-corrected chi connectivity index (χ3v) is 3.81. The molecule has 20 heavy (non-hydrogen) atoms. The summed E-state index contributed by atoms with van der Waals surface area (Å²) in [6.07, 6.45) is 4.21. The van der Waals surface area contributed by atoms with E-state index in [1.54, 1.807) is 6.07 Å². The fraction of sp³-hybridized carbons (Fsp3) is 0.429. The maximum absolute atomic E-state index is 11.3. The maximum atomic E-state index is 11.3. The summed E-state index contributed by atoms with van der Waals surface area (Å²) in [6, 6.07) is 5.64. The zero-order valence-electron chi connectivity index (χ0n) is 12.3. The van der Waals surface area contributed by atoms with Crippen molar-refractivity contribution < 1.29 is 8.42 Å². The second-order valence-electron chi connectivity index (χ2n) is 5.42. The highest BCUT2D eigenvalue weighted by Gasteiger charge is 2.09. The minimum Gasteiger partial charge on any atom is -0.350 e. The molecular weight excluding hydrogens is 274 g/mol. The van der Waals surface area contributed by atoms with Crippen molar-refractivity contribution in [2.45, 2.75) is 6.42 Å². The molecule has 0 atom stereocenters. The first-order valence-electron chi connectivity index (χ1n) is 6.47. The number of fused-ring (bicyclic) bond motifs is 1. The first kappa shape index (κ1) is 14.9. The van der Waals surface area contributed by atoms with Crippen molar-refractivity contribution in [1.29, 1.82) is 0 Å². The summed E-state index contributed by atoms with van der Waals surface area (Å²) >= 11 is 0. The maximum Gasteiger partial charge on any atom is 0.229 e. The molecular formula is C14H21N3O2S. The van der Waals surface area contributed by atoms with E-state index in [0.29, 0.717) is 5.69 Å². The Morgan fingerprint density at radius 1 is 1.30 bits per heavy atom. The summed E-state index contributed by atoms with van der Waals surface area (Å²) in [7, 11) is 2.85. The molecule has 1 N–H and O–H groups in total. The van der Waals surface area contributed by atoms with Gasteiger partial charge in [-0.3, -0.25) is 4.72 Å². The predicted molar refractivity (Wildman–Crippen MR) is 83.6 cm³/mol. The van der Waals surface area contributed by atoms with Crippen molar-refractivity contribution in [1.82, 2.24) is 9.47 Å². The standard InChI is InChI=1S/C14H21N3O2S/c1-16(2)8-7-11-10-17(3)14-6-5-12(9-13(11)14)15-20(4,18)19/h5-6,9-10,15H,7-8H2,1-4H3. The van der Waals surface area contributed by atoms with Crippen LogP contribution in [0.5, 0.6) is 0 Å². The van der Waals surface area contributed by atoms with Gasteiger partial charge in [0.15, 0.2) is 0 Å². The van der Waals surface area contributed by atoms with E-state index in [-0.39, 0.29) is 0 Å². The lowest BCUT2D eigenvalue weighted by Gasteiger charge is -2.09. The quantitative estimate of drug-likeness (QED) is 0.912. The first-order valence-corrected chi connectivity index (χ1v) is 8.36. The molecule has 1 aromatic heterocycles. The van der Waals surface area contributed by atoms with Crippen molar-refractivity contribution >= 4 is 26.6 Å². The summed E-state index contributed by atoms with van der Waals surface area (Å²) in [6.45, 7) is 0.961. The Morgan fingerprint density at radius 2 is 2.00 bits per heavy atom. The molecule has 0 spiro atoms. The van der Waals surface area contributed by atoms with Crippen LogP contribution < -0.4 is 4.72 Å². The van der Waals surface area contributed by atoms with Crippen molar-refractivity contribution in [2.75, 3.05) is 31.6 Å². The molecule has 0 amide bonds. The summed E-state index contributed by atoms with van der Waals surface area (Å²) in [4.78, 5) is 2.14. The molecule has 1 heterocycles. The Bertz CT molecular complexity index is 717. The van der Waals surface area contributed by atoms with E-state index in [2.05, 4.69) is 20.4 Å². The number of hydrogen-bond donors (Lipinski definition) is 1. The molecule has 0 fully saturated rings. The van der Waals surface area contributed by atoms with Crippen molar-refractivity contribution in [2.24, 2.45) is 7.05 Å². The van der Waals surface area contributed by atoms with Gasteiger partial charge < -0.3 is 9.47 Å². The van der Waals surface area contributed by atoms with E-state index in [1.807, 2.05) is 33.3 Å². The van der Waals surface area contributed by atoms with E-state index in [9.17, 15) is 8.42 Å². The van der Waals surface area contributed by atoms with E-state index in [1.165, 1.54) is 5.56 Å². The van der Waals surface area contributed by atoms with Crippen molar-refractivity contribution in [3.63, 3.8) is 0 Å². The second-order valence-corrected chi connectivity index (χ2v) is 7.17. The van der Waals surface area contributed by atoms with Gasteiger partial charge >= 0.3 is 0 Å². The Labute approximate surface area is 120 Å². The Kier molecular flexibility index (Phi) is 4.06. The minimum absolute atomic E-state index is 0.609. The molecule has 110 valence electrons. The molecule has 0 unspecified atom stereocenters. The fourth-order valence-electron chi connectivity index (χ4n) is 2.29. The molecule has 0 saturated carbocycles. The number of nitrogens with zero attached hydrogens (tertiary/aromatic N) is 2. The van der Waals surface area contributed by atoms with Gasteiger partial charge in [-0.2, -0.15) is 0 Å². The smallest absolute Gasteiger partial charge is 0.229 e. The minimum atomic E-state index is -3.24. The molecule has 2 aromatic rings. The number of benzene rings is 1. The third kappa shape index (κ3) is 3.52. The van der Waals surface area contributed by atoms with Crippen LogP contribution in [-0.2, 0) is 23.5 Å². The molecule has 2 rings (SSSR count). The zero-order valence-corrected chi connectivity index (χ0v) is 13.2. The van der Waals surface area contributed by atoms with Crippen molar-refractivity contribution in [3.8, 4) is 0 Å². The lowest BCUT2D eigenvalue weighted by molar-refractivity contribution is 0.414. The SMILES string of the molecule is CN(C)CCc1cn(C)c2ccc(NS(C)(=O)=O)cc12. The summed E-state index contributed by atoms with van der Waals surface area (Å²) in [5, 5.41) is 1.10. The number of hydrogen-bond acceptors (Lipinski definition) is 3. The fourth-order valence-corrected chi connectivity index (χ4v) is 2.85. The number of sulfonamides is 1. The molecule has 0 bridgehead atoms. The van der Waals surface area contributed by atoms with Crippen molar-refractivity contribution in [3.05, 3.63) is 30.0 Å². The molecule has 6 heteroatoms. The van der Waals surface area contributed by atoms with Crippen LogP contribution >= 0.6 is 0 Å². The van der Waals surface area contributed by atoms with E-state index in [0.717, 1.165) is 30.1 Å². The average molecular weight is 295 g/mol. The van der Waals surface area contributed by atoms with Gasteiger partial charge in [-0.1, -0.05) is 0 Å². The summed E-state index contributed by atoms with van der Waals surface area (Å²) in [5.41, 5.74) is 2.95. The van der Waals surface area contributed by atoms with Gasteiger partial charge in [0.2, 0.25) is 10.0 Å². The third-order valence-electron chi connectivity index (χ3n) is 3.20. The first-order chi connectivity index (χ1) is 9.26. The van der Waals surface area contributed by atoms with Crippen LogP contribution in [0, 0.1) is 0 Å². The van der Waals surface area contributed by atoms with Crippen LogP contribution in [0.3, 0.4) is 0 Å². The molecule has 0 aliphatic heterocycles. The zero-order chi connectivity index (χ0) is 14.9. The Balaban J connectivity index is 2.40.